The molecule has 1 heterocycles. The van der Waals surface area contributed by atoms with E-state index in [9.17, 15) is 4.79 Å². The molecule has 1 aliphatic rings. The largest absolute Gasteiger partial charge is 0.478 e. The molecule has 1 saturated heterocycles. The van der Waals surface area contributed by atoms with Gasteiger partial charge in [-0.3, -0.25) is 0 Å². The van der Waals surface area contributed by atoms with Gasteiger partial charge in [0, 0.05) is 6.08 Å². The third-order valence-corrected chi connectivity index (χ3v) is 1.75. The Labute approximate surface area is 73.7 Å². The predicted molar refractivity (Wildman–Crippen MR) is 49.2 cm³/mol. The molecule has 0 spiro atoms. The Morgan fingerprint density at radius 1 is 1.42 bits per heavy atom. The summed E-state index contributed by atoms with van der Waals surface area (Å²) in [5.74, 6) is -0.981. The van der Waals surface area contributed by atoms with E-state index < -0.39 is 5.97 Å². The van der Waals surface area contributed by atoms with Crippen molar-refractivity contribution in [1.82, 2.24) is 4.90 Å². The number of carboxylic acid groups (broad SMARTS) is 1. The maximum atomic E-state index is 9.25. The van der Waals surface area contributed by atoms with Crippen LogP contribution in [0.2, 0.25) is 0 Å². The average Bonchev–Trinajstić information content (AvgIpc) is 2.07. The lowest BCUT2D eigenvalue weighted by Crippen LogP contribution is -2.24. The lowest BCUT2D eigenvalue weighted by Gasteiger charge is -2.20. The van der Waals surface area contributed by atoms with E-state index >= 15 is 0 Å². The topological polar surface area (TPSA) is 40.5 Å². The van der Waals surface area contributed by atoms with E-state index in [0.717, 1.165) is 6.08 Å². The van der Waals surface area contributed by atoms with E-state index in [4.69, 9.17) is 5.11 Å². The molecule has 0 aromatic rings. The minimum absolute atomic E-state index is 0.833. The molecule has 3 heteroatoms. The van der Waals surface area contributed by atoms with E-state index in [1.54, 1.807) is 0 Å². The maximum absolute atomic E-state index is 9.25. The molecule has 0 unspecified atom stereocenters. The van der Waals surface area contributed by atoms with Crippen molar-refractivity contribution in [3.63, 3.8) is 0 Å². The van der Waals surface area contributed by atoms with Crippen LogP contribution in [0.15, 0.2) is 12.7 Å². The molecule has 0 atom stereocenters. The number of carboxylic acids is 1. The van der Waals surface area contributed by atoms with Gasteiger partial charge in [-0.15, -0.1) is 0 Å². The van der Waals surface area contributed by atoms with Crippen molar-refractivity contribution < 1.29 is 9.90 Å². The van der Waals surface area contributed by atoms with Gasteiger partial charge in [-0.25, -0.2) is 4.79 Å². The van der Waals surface area contributed by atoms with E-state index in [-0.39, 0.29) is 0 Å². The summed E-state index contributed by atoms with van der Waals surface area (Å²) in [5.41, 5.74) is 0. The van der Waals surface area contributed by atoms with Crippen LogP contribution in [0, 0.1) is 0 Å². The molecule has 0 aromatic carbocycles. The van der Waals surface area contributed by atoms with Crippen molar-refractivity contribution in [3.05, 3.63) is 12.7 Å². The molecule has 0 amide bonds. The zero-order valence-corrected chi connectivity index (χ0v) is 7.62. The Bertz CT molecular complexity index is 139. The van der Waals surface area contributed by atoms with Crippen LogP contribution in [-0.4, -0.2) is 36.1 Å². The highest BCUT2D eigenvalue weighted by molar-refractivity contribution is 5.78. The molecule has 1 fully saturated rings. The molecule has 3 nitrogen and oxygen atoms in total. The van der Waals surface area contributed by atoms with Crippen molar-refractivity contribution in [3.8, 4) is 0 Å². The minimum atomic E-state index is -0.981. The Hall–Kier alpha value is -0.830. The fourth-order valence-electron chi connectivity index (χ4n) is 1.05. The zero-order valence-electron chi connectivity index (χ0n) is 7.62. The number of nitrogens with zero attached hydrogens (tertiary/aromatic N) is 1. The van der Waals surface area contributed by atoms with Gasteiger partial charge in [0.1, 0.15) is 0 Å². The SMILES string of the molecule is C=CC(=O)O.CN1CCCCC1. The molecular formula is C9H17NO2. The van der Waals surface area contributed by atoms with Gasteiger partial charge in [-0.05, 0) is 33.0 Å². The number of piperidine rings is 1. The molecule has 1 N–H and O–H groups in total. The Morgan fingerprint density at radius 2 is 1.83 bits per heavy atom. The highest BCUT2D eigenvalue weighted by Crippen LogP contribution is 2.04. The Morgan fingerprint density at radius 3 is 2.00 bits per heavy atom. The van der Waals surface area contributed by atoms with Crippen molar-refractivity contribution in [2.45, 2.75) is 19.3 Å². The molecule has 12 heavy (non-hydrogen) atoms. The third kappa shape index (κ3) is 7.28. The highest BCUT2D eigenvalue weighted by atomic mass is 16.4. The van der Waals surface area contributed by atoms with Crippen LogP contribution in [0.25, 0.3) is 0 Å². The first-order valence-electron chi connectivity index (χ1n) is 4.20. The molecule has 0 radical (unpaired) electrons. The molecule has 1 rings (SSSR count). The quantitative estimate of drug-likeness (QED) is 0.605. The second-order valence-corrected chi connectivity index (χ2v) is 2.91. The van der Waals surface area contributed by atoms with Crippen LogP contribution in [0.4, 0.5) is 0 Å². The number of hydrogen-bond acceptors (Lipinski definition) is 2. The number of hydrogen-bond donors (Lipinski definition) is 1. The first-order valence-corrected chi connectivity index (χ1v) is 4.20. The summed E-state index contributed by atoms with van der Waals surface area (Å²) < 4.78 is 0. The zero-order chi connectivity index (χ0) is 9.40. The average molecular weight is 171 g/mol. The van der Waals surface area contributed by atoms with Crippen molar-refractivity contribution in [1.29, 1.82) is 0 Å². The molecule has 0 bridgehead atoms. The second-order valence-electron chi connectivity index (χ2n) is 2.91. The molecule has 0 saturated carbocycles. The summed E-state index contributed by atoms with van der Waals surface area (Å²) in [6.45, 7) is 5.60. The van der Waals surface area contributed by atoms with Gasteiger partial charge in [-0.2, -0.15) is 0 Å². The van der Waals surface area contributed by atoms with Crippen LogP contribution in [-0.2, 0) is 4.79 Å². The van der Waals surface area contributed by atoms with Crippen LogP contribution >= 0.6 is 0 Å². The Balaban J connectivity index is 0.000000217. The van der Waals surface area contributed by atoms with Crippen molar-refractivity contribution >= 4 is 5.97 Å². The second kappa shape index (κ2) is 6.85. The van der Waals surface area contributed by atoms with E-state index in [0.29, 0.717) is 0 Å². The van der Waals surface area contributed by atoms with E-state index in [2.05, 4.69) is 18.5 Å². The molecule has 1 aliphatic heterocycles. The van der Waals surface area contributed by atoms with Crippen LogP contribution in [0.1, 0.15) is 19.3 Å². The summed E-state index contributed by atoms with van der Waals surface area (Å²) in [5, 5.41) is 7.60. The summed E-state index contributed by atoms with van der Waals surface area (Å²) in [6.07, 6.45) is 5.11. The molecule has 0 aromatic heterocycles. The molecular weight excluding hydrogens is 154 g/mol. The predicted octanol–water partition coefficient (Wildman–Crippen LogP) is 1.36. The first-order chi connectivity index (χ1) is 5.66. The summed E-state index contributed by atoms with van der Waals surface area (Å²) in [7, 11) is 2.19. The molecule has 70 valence electrons. The standard InChI is InChI=1S/C6H13N.C3H4O2/c1-7-5-3-2-4-6-7;1-2-3(4)5/h2-6H2,1H3;2H,1H2,(H,4,5). The monoisotopic (exact) mass is 171 g/mol. The fourth-order valence-corrected chi connectivity index (χ4v) is 1.05. The van der Waals surface area contributed by atoms with Crippen molar-refractivity contribution in [2.24, 2.45) is 0 Å². The van der Waals surface area contributed by atoms with Gasteiger partial charge in [0.15, 0.2) is 0 Å². The third-order valence-electron chi connectivity index (χ3n) is 1.75. The smallest absolute Gasteiger partial charge is 0.327 e. The van der Waals surface area contributed by atoms with E-state index in [1.807, 2.05) is 0 Å². The van der Waals surface area contributed by atoms with Crippen LogP contribution in [0.3, 0.4) is 0 Å². The number of rotatable bonds is 1. The fraction of sp³-hybridized carbons (Fsp3) is 0.667. The number of aliphatic carboxylic acids is 1. The van der Waals surface area contributed by atoms with Gasteiger partial charge in [0.05, 0.1) is 0 Å². The Kier molecular flexibility index (Phi) is 6.38. The van der Waals surface area contributed by atoms with E-state index in [1.165, 1.54) is 32.4 Å². The molecule has 0 aliphatic carbocycles. The van der Waals surface area contributed by atoms with Gasteiger partial charge in [0.25, 0.3) is 0 Å². The maximum Gasteiger partial charge on any atom is 0.327 e. The van der Waals surface area contributed by atoms with Crippen LogP contribution in [0.5, 0.6) is 0 Å². The minimum Gasteiger partial charge on any atom is -0.478 e. The summed E-state index contributed by atoms with van der Waals surface area (Å²) in [6, 6.07) is 0. The number of likely N-dealkylation sites (tertiary alicyclic amines) is 1. The van der Waals surface area contributed by atoms with Crippen molar-refractivity contribution in [2.75, 3.05) is 20.1 Å². The van der Waals surface area contributed by atoms with Gasteiger partial charge in [-0.1, -0.05) is 13.0 Å². The highest BCUT2D eigenvalue weighted by Gasteiger charge is 2.02. The summed E-state index contributed by atoms with van der Waals surface area (Å²) >= 11 is 0. The lowest BCUT2D eigenvalue weighted by atomic mass is 10.1. The lowest BCUT2D eigenvalue weighted by molar-refractivity contribution is -0.131. The van der Waals surface area contributed by atoms with Gasteiger partial charge < -0.3 is 10.0 Å². The first kappa shape index (κ1) is 11.2. The van der Waals surface area contributed by atoms with Gasteiger partial charge in [0.2, 0.25) is 0 Å². The summed E-state index contributed by atoms with van der Waals surface area (Å²) in [4.78, 5) is 11.6. The van der Waals surface area contributed by atoms with Crippen LogP contribution < -0.4 is 0 Å². The number of carbonyl (C=O) groups is 1. The normalized spacial score (nSPS) is 17.4. The van der Waals surface area contributed by atoms with Gasteiger partial charge >= 0.3 is 5.97 Å².